The van der Waals surface area contributed by atoms with E-state index in [1.165, 1.54) is 6.08 Å². The van der Waals surface area contributed by atoms with Crippen LogP contribution >= 0.6 is 0 Å². The van der Waals surface area contributed by atoms with E-state index >= 15 is 0 Å². The SMILES string of the molecule is C=CC(O)CCOC. The maximum atomic E-state index is 8.79. The Labute approximate surface area is 49.8 Å². The van der Waals surface area contributed by atoms with Gasteiger partial charge in [0.05, 0.1) is 6.10 Å². The number of rotatable bonds is 4. The van der Waals surface area contributed by atoms with E-state index in [0.29, 0.717) is 13.0 Å². The van der Waals surface area contributed by atoms with Crippen LogP contribution in [0.1, 0.15) is 6.42 Å². The summed E-state index contributed by atoms with van der Waals surface area (Å²) in [5.41, 5.74) is 0. The lowest BCUT2D eigenvalue weighted by Gasteiger charge is -2.01. The minimum atomic E-state index is -0.407. The van der Waals surface area contributed by atoms with E-state index < -0.39 is 6.10 Å². The van der Waals surface area contributed by atoms with Gasteiger partial charge in [-0.2, -0.15) is 0 Å². The van der Waals surface area contributed by atoms with E-state index in [4.69, 9.17) is 9.84 Å². The third-order valence-corrected chi connectivity index (χ3v) is 0.890. The van der Waals surface area contributed by atoms with Crippen LogP contribution in [0.2, 0.25) is 0 Å². The van der Waals surface area contributed by atoms with Crippen LogP contribution in [-0.4, -0.2) is 24.9 Å². The Morgan fingerprint density at radius 3 is 2.88 bits per heavy atom. The molecule has 0 amide bonds. The van der Waals surface area contributed by atoms with Crippen molar-refractivity contribution in [1.82, 2.24) is 0 Å². The van der Waals surface area contributed by atoms with Gasteiger partial charge in [0, 0.05) is 20.1 Å². The fraction of sp³-hybridized carbons (Fsp3) is 0.667. The minimum absolute atomic E-state index is 0.407. The van der Waals surface area contributed by atoms with Crippen LogP contribution in [0.4, 0.5) is 0 Å². The Balaban J connectivity index is 2.98. The van der Waals surface area contributed by atoms with Crippen LogP contribution in [0, 0.1) is 0 Å². The molecule has 1 atom stereocenters. The molecular weight excluding hydrogens is 104 g/mol. The predicted molar refractivity (Wildman–Crippen MR) is 32.7 cm³/mol. The molecule has 0 aliphatic rings. The first-order chi connectivity index (χ1) is 3.81. The molecule has 0 aliphatic heterocycles. The topological polar surface area (TPSA) is 29.5 Å². The molecule has 2 nitrogen and oxygen atoms in total. The molecule has 2 heteroatoms. The normalized spacial score (nSPS) is 13.2. The average Bonchev–Trinajstić information content (AvgIpc) is 1.83. The van der Waals surface area contributed by atoms with Crippen LogP contribution in [0.15, 0.2) is 12.7 Å². The van der Waals surface area contributed by atoms with Gasteiger partial charge in [-0.15, -0.1) is 6.58 Å². The lowest BCUT2D eigenvalue weighted by molar-refractivity contribution is 0.136. The van der Waals surface area contributed by atoms with Crippen molar-refractivity contribution >= 4 is 0 Å². The standard InChI is InChI=1S/C6H12O2/c1-3-6(7)4-5-8-2/h3,6-7H,1,4-5H2,2H3. The van der Waals surface area contributed by atoms with Crippen molar-refractivity contribution in [3.63, 3.8) is 0 Å². The molecule has 0 aromatic rings. The van der Waals surface area contributed by atoms with Gasteiger partial charge in [-0.1, -0.05) is 6.08 Å². The summed E-state index contributed by atoms with van der Waals surface area (Å²) < 4.78 is 4.71. The summed E-state index contributed by atoms with van der Waals surface area (Å²) in [7, 11) is 1.61. The van der Waals surface area contributed by atoms with Crippen LogP contribution in [0.3, 0.4) is 0 Å². The zero-order valence-corrected chi connectivity index (χ0v) is 5.13. The van der Waals surface area contributed by atoms with Crippen molar-refractivity contribution in [2.75, 3.05) is 13.7 Å². The third kappa shape index (κ3) is 3.84. The summed E-state index contributed by atoms with van der Waals surface area (Å²) >= 11 is 0. The van der Waals surface area contributed by atoms with Crippen LogP contribution in [0.25, 0.3) is 0 Å². The van der Waals surface area contributed by atoms with Crippen LogP contribution < -0.4 is 0 Å². The van der Waals surface area contributed by atoms with Gasteiger partial charge in [0.2, 0.25) is 0 Å². The van der Waals surface area contributed by atoms with Gasteiger partial charge < -0.3 is 9.84 Å². The summed E-state index contributed by atoms with van der Waals surface area (Å²) in [4.78, 5) is 0. The smallest absolute Gasteiger partial charge is 0.0740 e. The summed E-state index contributed by atoms with van der Waals surface area (Å²) in [5.74, 6) is 0. The summed E-state index contributed by atoms with van der Waals surface area (Å²) in [6.45, 7) is 4.00. The quantitative estimate of drug-likeness (QED) is 0.544. The summed E-state index contributed by atoms with van der Waals surface area (Å²) in [5, 5.41) is 8.79. The Morgan fingerprint density at radius 1 is 1.88 bits per heavy atom. The highest BCUT2D eigenvalue weighted by molar-refractivity contribution is 4.76. The van der Waals surface area contributed by atoms with E-state index in [1.54, 1.807) is 7.11 Å². The zero-order valence-electron chi connectivity index (χ0n) is 5.13. The largest absolute Gasteiger partial charge is 0.389 e. The first kappa shape index (κ1) is 7.66. The number of ether oxygens (including phenoxy) is 1. The zero-order chi connectivity index (χ0) is 6.41. The van der Waals surface area contributed by atoms with Gasteiger partial charge in [-0.3, -0.25) is 0 Å². The minimum Gasteiger partial charge on any atom is -0.389 e. The molecule has 0 fully saturated rings. The number of hydrogen-bond acceptors (Lipinski definition) is 2. The van der Waals surface area contributed by atoms with Crippen molar-refractivity contribution in [3.05, 3.63) is 12.7 Å². The number of hydrogen-bond donors (Lipinski definition) is 1. The van der Waals surface area contributed by atoms with E-state index in [-0.39, 0.29) is 0 Å². The van der Waals surface area contributed by atoms with Gasteiger partial charge in [0.25, 0.3) is 0 Å². The number of methoxy groups -OCH3 is 1. The molecule has 0 rings (SSSR count). The molecule has 0 heterocycles. The summed E-state index contributed by atoms with van der Waals surface area (Å²) in [6.07, 6.45) is 1.73. The molecule has 1 N–H and O–H groups in total. The van der Waals surface area contributed by atoms with E-state index in [2.05, 4.69) is 6.58 Å². The Hall–Kier alpha value is -0.340. The molecule has 0 radical (unpaired) electrons. The van der Waals surface area contributed by atoms with E-state index in [1.807, 2.05) is 0 Å². The second kappa shape index (κ2) is 4.81. The molecule has 0 saturated heterocycles. The van der Waals surface area contributed by atoms with Gasteiger partial charge in [0.1, 0.15) is 0 Å². The predicted octanol–water partition coefficient (Wildman–Crippen LogP) is 0.570. The first-order valence-electron chi connectivity index (χ1n) is 2.60. The summed E-state index contributed by atoms with van der Waals surface area (Å²) in [6, 6.07) is 0. The third-order valence-electron chi connectivity index (χ3n) is 0.890. The average molecular weight is 116 g/mol. The Bertz CT molecular complexity index is 61.5. The highest BCUT2D eigenvalue weighted by Crippen LogP contribution is 1.90. The molecule has 0 spiro atoms. The van der Waals surface area contributed by atoms with Crippen molar-refractivity contribution < 1.29 is 9.84 Å². The second-order valence-electron chi connectivity index (χ2n) is 1.58. The molecule has 0 aromatic heterocycles. The van der Waals surface area contributed by atoms with Crippen LogP contribution in [-0.2, 0) is 4.74 Å². The highest BCUT2D eigenvalue weighted by Gasteiger charge is 1.93. The fourth-order valence-corrected chi connectivity index (χ4v) is 0.356. The molecule has 8 heavy (non-hydrogen) atoms. The second-order valence-corrected chi connectivity index (χ2v) is 1.58. The van der Waals surface area contributed by atoms with E-state index in [9.17, 15) is 0 Å². The van der Waals surface area contributed by atoms with E-state index in [0.717, 1.165) is 0 Å². The maximum Gasteiger partial charge on any atom is 0.0740 e. The highest BCUT2D eigenvalue weighted by atomic mass is 16.5. The number of aliphatic hydroxyl groups excluding tert-OH is 1. The first-order valence-corrected chi connectivity index (χ1v) is 2.60. The van der Waals surface area contributed by atoms with Gasteiger partial charge >= 0.3 is 0 Å². The van der Waals surface area contributed by atoms with Crippen LogP contribution in [0.5, 0.6) is 0 Å². The molecule has 0 aromatic carbocycles. The van der Waals surface area contributed by atoms with Crippen molar-refractivity contribution in [3.8, 4) is 0 Å². The molecule has 0 bridgehead atoms. The Kier molecular flexibility index (Phi) is 4.61. The lowest BCUT2D eigenvalue weighted by Crippen LogP contribution is -2.04. The monoisotopic (exact) mass is 116 g/mol. The van der Waals surface area contributed by atoms with Crippen molar-refractivity contribution in [2.24, 2.45) is 0 Å². The molecule has 0 aliphatic carbocycles. The Morgan fingerprint density at radius 2 is 2.50 bits per heavy atom. The van der Waals surface area contributed by atoms with Crippen molar-refractivity contribution in [2.45, 2.75) is 12.5 Å². The molecule has 1 unspecified atom stereocenters. The van der Waals surface area contributed by atoms with Gasteiger partial charge in [0.15, 0.2) is 0 Å². The number of aliphatic hydroxyl groups is 1. The van der Waals surface area contributed by atoms with Gasteiger partial charge in [-0.05, 0) is 0 Å². The fourth-order valence-electron chi connectivity index (χ4n) is 0.356. The van der Waals surface area contributed by atoms with Gasteiger partial charge in [-0.25, -0.2) is 0 Å². The molecule has 48 valence electrons. The molecule has 0 saturated carbocycles. The van der Waals surface area contributed by atoms with Crippen molar-refractivity contribution in [1.29, 1.82) is 0 Å². The molecular formula is C6H12O2. The maximum absolute atomic E-state index is 8.79. The lowest BCUT2D eigenvalue weighted by atomic mass is 10.3.